The summed E-state index contributed by atoms with van der Waals surface area (Å²) in [4.78, 5) is 20.9. The molecule has 8 heteroatoms. The first-order valence-corrected chi connectivity index (χ1v) is 14.0. The van der Waals surface area contributed by atoms with Crippen molar-refractivity contribution in [3.63, 3.8) is 0 Å². The highest BCUT2D eigenvalue weighted by Crippen LogP contribution is 2.46. The lowest BCUT2D eigenvalue weighted by molar-refractivity contribution is -0.115. The van der Waals surface area contributed by atoms with Crippen LogP contribution in [0.15, 0.2) is 46.1 Å². The molecule has 192 valence electrons. The molecule has 5 aliphatic rings. The van der Waals surface area contributed by atoms with E-state index in [1.807, 2.05) is 20.0 Å². The lowest BCUT2D eigenvalue weighted by Gasteiger charge is -2.33. The molecule has 35 heavy (non-hydrogen) atoms. The lowest BCUT2D eigenvalue weighted by Crippen LogP contribution is -2.42. The van der Waals surface area contributed by atoms with Crippen molar-refractivity contribution in [3.8, 4) is 0 Å². The van der Waals surface area contributed by atoms with Gasteiger partial charge in [0.2, 0.25) is 0 Å². The van der Waals surface area contributed by atoms with Gasteiger partial charge in [-0.25, -0.2) is 4.99 Å². The Morgan fingerprint density at radius 1 is 1.17 bits per heavy atom. The van der Waals surface area contributed by atoms with E-state index >= 15 is 0 Å². The van der Waals surface area contributed by atoms with Gasteiger partial charge in [-0.3, -0.25) is 9.79 Å². The summed E-state index contributed by atoms with van der Waals surface area (Å²) in [6.45, 7) is 7.15. The molecule has 4 aliphatic heterocycles. The van der Waals surface area contributed by atoms with Gasteiger partial charge in [-0.05, 0) is 49.1 Å². The third-order valence-corrected chi connectivity index (χ3v) is 8.06. The number of amides is 1. The standard InChI is InChI=1S/C13H17N.C12H16N4O2S.C2H6.H2/c1-4-8-13(9-5-1)10-14-12-7-3-2-6-11(12)13;17-11(15-8-1-3-18-4-2-8)12-16-9-5-10(19-12)14-7-13-6-9;1-2;/h2-3,6-7,14H,1,4-5,8-10H2;6,8,13H,1-5,7H2,(H,15,17);1-2H3;1H. The summed E-state index contributed by atoms with van der Waals surface area (Å²) in [5.41, 5.74) is 4.33. The Balaban J connectivity index is 0.000000189. The highest BCUT2D eigenvalue weighted by molar-refractivity contribution is 8.28. The molecule has 1 aliphatic carbocycles. The first-order valence-electron chi connectivity index (χ1n) is 13.2. The number of thioether (sulfide) groups is 1. The number of hydrogen-bond acceptors (Lipinski definition) is 7. The van der Waals surface area contributed by atoms with Gasteiger partial charge < -0.3 is 20.7 Å². The molecule has 2 fully saturated rings. The van der Waals surface area contributed by atoms with Gasteiger partial charge in [0.1, 0.15) is 6.67 Å². The first kappa shape index (κ1) is 25.8. The van der Waals surface area contributed by atoms with Crippen LogP contribution in [0, 0.1) is 0 Å². The monoisotopic (exact) mass is 499 g/mol. The molecule has 1 amide bonds. The second-order valence-corrected chi connectivity index (χ2v) is 10.4. The quantitative estimate of drug-likeness (QED) is 0.520. The molecule has 1 aromatic rings. The Labute approximate surface area is 215 Å². The molecular formula is C27H41N5O2S. The van der Waals surface area contributed by atoms with E-state index in [1.54, 1.807) is 5.56 Å². The summed E-state index contributed by atoms with van der Waals surface area (Å²) in [6, 6.07) is 9.05. The van der Waals surface area contributed by atoms with E-state index in [1.165, 1.54) is 56.1 Å². The van der Waals surface area contributed by atoms with Gasteiger partial charge in [0.05, 0.1) is 10.7 Å². The average molecular weight is 500 g/mol. The van der Waals surface area contributed by atoms with Crippen molar-refractivity contribution in [2.45, 2.75) is 76.7 Å². The second-order valence-electron chi connectivity index (χ2n) is 9.35. The van der Waals surface area contributed by atoms with Crippen molar-refractivity contribution in [2.24, 2.45) is 9.98 Å². The van der Waals surface area contributed by atoms with Crippen LogP contribution in [-0.4, -0.2) is 48.5 Å². The van der Waals surface area contributed by atoms with Crippen molar-refractivity contribution in [1.82, 2.24) is 10.6 Å². The van der Waals surface area contributed by atoms with E-state index in [-0.39, 0.29) is 13.4 Å². The number of allylic oxidation sites excluding steroid dienone is 1. The maximum absolute atomic E-state index is 12.2. The van der Waals surface area contributed by atoms with Crippen LogP contribution < -0.4 is 16.0 Å². The molecule has 1 spiro atoms. The third kappa shape index (κ3) is 6.47. The van der Waals surface area contributed by atoms with Crippen LogP contribution >= 0.6 is 11.8 Å². The van der Waals surface area contributed by atoms with Crippen LogP contribution in [0.25, 0.3) is 0 Å². The molecule has 2 bridgehead atoms. The molecule has 0 radical (unpaired) electrons. The fourth-order valence-corrected chi connectivity index (χ4v) is 6.17. The number of carbonyl (C=O) groups excluding carboxylic acids is 1. The summed E-state index contributed by atoms with van der Waals surface area (Å²) >= 11 is 1.37. The summed E-state index contributed by atoms with van der Waals surface area (Å²) in [7, 11) is 0. The number of benzene rings is 1. The number of rotatable bonds is 2. The topological polar surface area (TPSA) is 87.1 Å². The smallest absolute Gasteiger partial charge is 0.277 e. The number of nitrogens with one attached hydrogen (secondary N) is 3. The van der Waals surface area contributed by atoms with Crippen LogP contribution in [0.2, 0.25) is 0 Å². The highest BCUT2D eigenvalue weighted by Gasteiger charge is 2.39. The molecule has 7 nitrogen and oxygen atoms in total. The van der Waals surface area contributed by atoms with Crippen LogP contribution in [0.4, 0.5) is 5.69 Å². The van der Waals surface area contributed by atoms with Gasteiger partial charge in [0.15, 0.2) is 5.04 Å². The minimum absolute atomic E-state index is 0. The average Bonchev–Trinajstić information content (AvgIpc) is 3.17. The minimum Gasteiger partial charge on any atom is -0.384 e. The van der Waals surface area contributed by atoms with E-state index in [2.05, 4.69) is 50.2 Å². The van der Waals surface area contributed by atoms with Gasteiger partial charge in [0.25, 0.3) is 5.91 Å². The van der Waals surface area contributed by atoms with Crippen molar-refractivity contribution < 1.29 is 11.0 Å². The predicted octanol–water partition coefficient (Wildman–Crippen LogP) is 5.20. The number of anilines is 1. The minimum atomic E-state index is -0.0999. The number of hydrogen-bond donors (Lipinski definition) is 3. The van der Waals surface area contributed by atoms with Crippen molar-refractivity contribution in [3.05, 3.63) is 41.7 Å². The molecule has 1 saturated heterocycles. The molecule has 1 saturated carbocycles. The molecule has 4 heterocycles. The molecule has 0 unspecified atom stereocenters. The summed E-state index contributed by atoms with van der Waals surface area (Å²) in [5.74, 6) is -0.0999. The van der Waals surface area contributed by atoms with Crippen LogP contribution in [0.5, 0.6) is 0 Å². The number of carbonyl (C=O) groups is 1. The normalized spacial score (nSPS) is 22.2. The van der Waals surface area contributed by atoms with E-state index in [0.29, 0.717) is 36.8 Å². The van der Waals surface area contributed by atoms with E-state index < -0.39 is 0 Å². The van der Waals surface area contributed by atoms with E-state index in [0.717, 1.165) is 23.6 Å². The van der Waals surface area contributed by atoms with E-state index in [9.17, 15) is 4.79 Å². The maximum atomic E-state index is 12.2. The number of fused-ring (bicyclic) bond motifs is 4. The third-order valence-electron chi connectivity index (χ3n) is 7.08. The highest BCUT2D eigenvalue weighted by atomic mass is 32.2. The zero-order valence-electron chi connectivity index (χ0n) is 21.1. The Hall–Kier alpha value is -2.32. The largest absolute Gasteiger partial charge is 0.384 e. The molecular weight excluding hydrogens is 458 g/mol. The van der Waals surface area contributed by atoms with Gasteiger partial charge in [-0.2, -0.15) is 0 Å². The summed E-state index contributed by atoms with van der Waals surface area (Å²) in [5, 5.41) is 11.1. The van der Waals surface area contributed by atoms with Crippen molar-refractivity contribution in [1.29, 1.82) is 0 Å². The van der Waals surface area contributed by atoms with Gasteiger partial charge >= 0.3 is 0 Å². The lowest BCUT2D eigenvalue weighted by atomic mass is 9.71. The maximum Gasteiger partial charge on any atom is 0.277 e. The number of ether oxygens (including phenoxy) is 1. The van der Waals surface area contributed by atoms with Crippen LogP contribution in [0.1, 0.15) is 72.2 Å². The molecule has 3 N–H and O–H groups in total. The molecule has 1 aromatic carbocycles. The van der Waals surface area contributed by atoms with Crippen LogP contribution in [0.3, 0.4) is 0 Å². The Morgan fingerprint density at radius 3 is 2.74 bits per heavy atom. The first-order chi connectivity index (χ1) is 17.2. The number of nitrogens with zero attached hydrogens (tertiary/aromatic N) is 2. The zero-order valence-corrected chi connectivity index (χ0v) is 21.9. The Bertz CT molecular complexity index is 963. The predicted molar refractivity (Wildman–Crippen MR) is 148 cm³/mol. The van der Waals surface area contributed by atoms with Gasteiger partial charge in [0, 0.05) is 51.0 Å². The van der Waals surface area contributed by atoms with Crippen molar-refractivity contribution in [2.75, 3.05) is 31.7 Å². The summed E-state index contributed by atoms with van der Waals surface area (Å²) in [6.07, 6.45) is 11.3. The zero-order chi connectivity index (χ0) is 24.5. The SMILES string of the molecule is CC.O=C(NC1CCOCC1)C1=NC2=CNCN=C(C2)S1.[HH].c1ccc2c(c1)NCC21CCCCC1. The second kappa shape index (κ2) is 12.6. The number of aliphatic imine (C=N–C) groups is 2. The Morgan fingerprint density at radius 2 is 1.94 bits per heavy atom. The molecule has 0 aromatic heterocycles. The Kier molecular flexibility index (Phi) is 9.26. The molecule has 0 atom stereocenters. The van der Waals surface area contributed by atoms with Crippen LogP contribution in [-0.2, 0) is 14.9 Å². The van der Waals surface area contributed by atoms with Crippen molar-refractivity contribution >= 4 is 33.4 Å². The van der Waals surface area contributed by atoms with Gasteiger partial charge in [-0.1, -0.05) is 51.3 Å². The summed E-state index contributed by atoms with van der Waals surface area (Å²) < 4.78 is 5.28. The fraction of sp³-hybridized carbons (Fsp3) is 0.593. The fourth-order valence-electron chi connectivity index (χ4n) is 5.28. The molecule has 6 rings (SSSR count). The van der Waals surface area contributed by atoms with E-state index in [4.69, 9.17) is 4.74 Å². The van der Waals surface area contributed by atoms with Gasteiger partial charge in [-0.15, -0.1) is 0 Å². The number of para-hydroxylation sites is 1.